The molecule has 0 bridgehead atoms. The van der Waals surface area contributed by atoms with Crippen LogP contribution in [-0.4, -0.2) is 33.7 Å². The summed E-state index contributed by atoms with van der Waals surface area (Å²) in [6.45, 7) is 1.38. The number of carbonyl (C=O) groups is 1. The minimum absolute atomic E-state index is 0.0950. The molecule has 16 heavy (non-hydrogen) atoms. The number of aromatic amines is 1. The van der Waals surface area contributed by atoms with Crippen LogP contribution in [0, 0.1) is 0 Å². The van der Waals surface area contributed by atoms with Gasteiger partial charge in [-0.1, -0.05) is 0 Å². The van der Waals surface area contributed by atoms with Gasteiger partial charge in [-0.2, -0.15) is 0 Å². The highest BCUT2D eigenvalue weighted by Crippen LogP contribution is 2.11. The second kappa shape index (κ2) is 3.93. The normalized spacial score (nSPS) is 19.9. The summed E-state index contributed by atoms with van der Waals surface area (Å²) in [5.41, 5.74) is -1.84. The Balaban J connectivity index is 2.53. The third kappa shape index (κ3) is 1.76. The highest BCUT2D eigenvalue weighted by molar-refractivity contribution is 5.86. The van der Waals surface area contributed by atoms with Crippen molar-refractivity contribution in [2.24, 2.45) is 0 Å². The van der Waals surface area contributed by atoms with Gasteiger partial charge < -0.3 is 10.4 Å². The SMILES string of the molecule is O=C(O)c1cn(C2CCNC2)c(=O)[nH]c1=O. The first-order valence-corrected chi connectivity index (χ1v) is 4.89. The number of rotatable bonds is 2. The molecule has 86 valence electrons. The van der Waals surface area contributed by atoms with E-state index in [9.17, 15) is 14.4 Å². The molecule has 1 aromatic heterocycles. The van der Waals surface area contributed by atoms with Gasteiger partial charge in [0, 0.05) is 12.7 Å². The van der Waals surface area contributed by atoms with Crippen LogP contribution in [0.2, 0.25) is 0 Å². The quantitative estimate of drug-likeness (QED) is 0.584. The molecule has 0 amide bonds. The highest BCUT2D eigenvalue weighted by Gasteiger charge is 2.20. The van der Waals surface area contributed by atoms with Gasteiger partial charge in [0.15, 0.2) is 0 Å². The summed E-state index contributed by atoms with van der Waals surface area (Å²) in [7, 11) is 0. The van der Waals surface area contributed by atoms with Crippen LogP contribution < -0.4 is 16.6 Å². The first-order chi connectivity index (χ1) is 7.59. The topological polar surface area (TPSA) is 104 Å². The Morgan fingerprint density at radius 1 is 1.50 bits per heavy atom. The van der Waals surface area contributed by atoms with Gasteiger partial charge in [-0.3, -0.25) is 14.3 Å². The minimum Gasteiger partial charge on any atom is -0.477 e. The fourth-order valence-electron chi connectivity index (χ4n) is 1.79. The third-order valence-electron chi connectivity index (χ3n) is 2.63. The molecule has 1 aromatic rings. The van der Waals surface area contributed by atoms with E-state index < -0.39 is 22.8 Å². The van der Waals surface area contributed by atoms with Gasteiger partial charge in [-0.15, -0.1) is 0 Å². The van der Waals surface area contributed by atoms with Crippen LogP contribution in [0.3, 0.4) is 0 Å². The number of carboxylic acids is 1. The lowest BCUT2D eigenvalue weighted by Crippen LogP contribution is -2.35. The Morgan fingerprint density at radius 2 is 2.25 bits per heavy atom. The summed E-state index contributed by atoms with van der Waals surface area (Å²) in [5, 5.41) is 11.8. The zero-order valence-corrected chi connectivity index (χ0v) is 8.40. The Kier molecular flexibility index (Phi) is 2.61. The number of H-pyrrole nitrogens is 1. The molecule has 2 heterocycles. The summed E-state index contributed by atoms with van der Waals surface area (Å²) in [6.07, 6.45) is 1.85. The molecule has 3 N–H and O–H groups in total. The number of carboxylic acid groups (broad SMARTS) is 1. The van der Waals surface area contributed by atoms with Crippen LogP contribution >= 0.6 is 0 Å². The average Bonchev–Trinajstić information content (AvgIpc) is 2.70. The lowest BCUT2D eigenvalue weighted by Gasteiger charge is -2.11. The van der Waals surface area contributed by atoms with Crippen molar-refractivity contribution in [3.8, 4) is 0 Å². The summed E-state index contributed by atoms with van der Waals surface area (Å²) in [6, 6.07) is -0.0950. The molecule has 1 atom stereocenters. The smallest absolute Gasteiger partial charge is 0.342 e. The van der Waals surface area contributed by atoms with E-state index in [-0.39, 0.29) is 6.04 Å². The molecule has 0 saturated carbocycles. The monoisotopic (exact) mass is 225 g/mol. The molecule has 1 aliphatic rings. The standard InChI is InChI=1S/C9H11N3O4/c13-7-6(8(14)15)4-12(9(16)11-7)5-1-2-10-3-5/h4-5,10H,1-3H2,(H,14,15)(H,11,13,16). The predicted molar refractivity (Wildman–Crippen MR) is 54.8 cm³/mol. The van der Waals surface area contributed by atoms with Gasteiger partial charge in [0.2, 0.25) is 0 Å². The van der Waals surface area contributed by atoms with Crippen molar-refractivity contribution in [1.82, 2.24) is 14.9 Å². The van der Waals surface area contributed by atoms with Crippen molar-refractivity contribution in [2.45, 2.75) is 12.5 Å². The number of nitrogens with one attached hydrogen (secondary N) is 2. The van der Waals surface area contributed by atoms with Crippen molar-refractivity contribution in [3.05, 3.63) is 32.6 Å². The molecule has 2 rings (SSSR count). The molecule has 7 nitrogen and oxygen atoms in total. The number of hydrogen-bond acceptors (Lipinski definition) is 4. The van der Waals surface area contributed by atoms with Crippen LogP contribution in [0.5, 0.6) is 0 Å². The van der Waals surface area contributed by atoms with Crippen molar-refractivity contribution in [3.63, 3.8) is 0 Å². The Hall–Kier alpha value is -1.89. The van der Waals surface area contributed by atoms with Gasteiger partial charge in [0.25, 0.3) is 5.56 Å². The maximum absolute atomic E-state index is 11.5. The molecule has 1 aliphatic heterocycles. The van der Waals surface area contributed by atoms with Crippen molar-refractivity contribution >= 4 is 5.97 Å². The van der Waals surface area contributed by atoms with Gasteiger partial charge in [-0.25, -0.2) is 9.59 Å². The molecule has 7 heteroatoms. The van der Waals surface area contributed by atoms with E-state index in [2.05, 4.69) is 5.32 Å². The van der Waals surface area contributed by atoms with Gasteiger partial charge in [0.05, 0.1) is 6.04 Å². The van der Waals surface area contributed by atoms with Crippen LogP contribution in [0.25, 0.3) is 0 Å². The van der Waals surface area contributed by atoms with Crippen LogP contribution in [0.4, 0.5) is 0 Å². The van der Waals surface area contributed by atoms with Crippen LogP contribution in [0.1, 0.15) is 22.8 Å². The first-order valence-electron chi connectivity index (χ1n) is 4.89. The summed E-state index contributed by atoms with van der Waals surface area (Å²) >= 11 is 0. The van der Waals surface area contributed by atoms with E-state index in [1.807, 2.05) is 4.98 Å². The Labute approximate surface area is 89.7 Å². The predicted octanol–water partition coefficient (Wildman–Crippen LogP) is -1.23. The lowest BCUT2D eigenvalue weighted by molar-refractivity contribution is 0.0693. The molecule has 0 aromatic carbocycles. The maximum Gasteiger partial charge on any atom is 0.342 e. The number of aromatic nitrogens is 2. The van der Waals surface area contributed by atoms with Crippen molar-refractivity contribution in [2.75, 3.05) is 13.1 Å². The second-order valence-corrected chi connectivity index (χ2v) is 3.66. The number of hydrogen-bond donors (Lipinski definition) is 3. The molecule has 1 fully saturated rings. The van der Waals surface area contributed by atoms with E-state index in [4.69, 9.17) is 5.11 Å². The molecule has 0 radical (unpaired) electrons. The van der Waals surface area contributed by atoms with Crippen LogP contribution in [0.15, 0.2) is 15.8 Å². The fraction of sp³-hybridized carbons (Fsp3) is 0.444. The molecule has 1 saturated heterocycles. The minimum atomic E-state index is -1.33. The largest absolute Gasteiger partial charge is 0.477 e. The van der Waals surface area contributed by atoms with E-state index in [1.54, 1.807) is 0 Å². The molecule has 0 aliphatic carbocycles. The van der Waals surface area contributed by atoms with Gasteiger partial charge in [-0.05, 0) is 13.0 Å². The first kappa shape index (κ1) is 10.6. The lowest BCUT2D eigenvalue weighted by atomic mass is 10.2. The molecule has 0 spiro atoms. The second-order valence-electron chi connectivity index (χ2n) is 3.66. The van der Waals surface area contributed by atoms with Gasteiger partial charge in [0.1, 0.15) is 5.56 Å². The summed E-state index contributed by atoms with van der Waals surface area (Å²) in [5.74, 6) is -1.33. The van der Waals surface area contributed by atoms with Crippen LogP contribution in [-0.2, 0) is 0 Å². The van der Waals surface area contributed by atoms with E-state index in [0.29, 0.717) is 6.54 Å². The number of aromatic carboxylic acids is 1. The molecular formula is C9H11N3O4. The third-order valence-corrected chi connectivity index (χ3v) is 2.63. The molecular weight excluding hydrogens is 214 g/mol. The van der Waals surface area contributed by atoms with E-state index in [1.165, 1.54) is 4.57 Å². The summed E-state index contributed by atoms with van der Waals surface area (Å²) < 4.78 is 1.27. The Bertz CT molecular complexity index is 524. The maximum atomic E-state index is 11.5. The molecule has 1 unspecified atom stereocenters. The Morgan fingerprint density at radius 3 is 2.81 bits per heavy atom. The van der Waals surface area contributed by atoms with Crippen molar-refractivity contribution in [1.29, 1.82) is 0 Å². The summed E-state index contributed by atoms with van der Waals surface area (Å²) in [4.78, 5) is 35.4. The van der Waals surface area contributed by atoms with Crippen molar-refractivity contribution < 1.29 is 9.90 Å². The van der Waals surface area contributed by atoms with E-state index >= 15 is 0 Å². The average molecular weight is 225 g/mol. The highest BCUT2D eigenvalue weighted by atomic mass is 16.4. The zero-order valence-electron chi connectivity index (χ0n) is 8.40. The zero-order chi connectivity index (χ0) is 11.7. The number of nitrogens with zero attached hydrogens (tertiary/aromatic N) is 1. The van der Waals surface area contributed by atoms with Gasteiger partial charge >= 0.3 is 11.7 Å². The fourth-order valence-corrected chi connectivity index (χ4v) is 1.79. The van der Waals surface area contributed by atoms with E-state index in [0.717, 1.165) is 19.2 Å².